The second kappa shape index (κ2) is 18.5. The van der Waals surface area contributed by atoms with Gasteiger partial charge in [-0.2, -0.15) is 4.73 Å². The molecular formula is C38H43N3O7S. The molecule has 3 atom stereocenters. The van der Waals surface area contributed by atoms with Gasteiger partial charge in [-0.25, -0.2) is 5.48 Å². The molecule has 49 heavy (non-hydrogen) atoms. The molecule has 4 aromatic rings. The Hall–Kier alpha value is -4.26. The van der Waals surface area contributed by atoms with E-state index in [9.17, 15) is 19.9 Å². The number of hydroxylamine groups is 1. The minimum absolute atomic E-state index is 0.0181. The van der Waals surface area contributed by atoms with Crippen LogP contribution >= 0.6 is 11.8 Å². The summed E-state index contributed by atoms with van der Waals surface area (Å²) in [5.74, 6) is 0.174. The van der Waals surface area contributed by atoms with Crippen molar-refractivity contribution in [2.24, 2.45) is 0 Å². The number of hydrogen-bond acceptors (Lipinski definition) is 8. The summed E-state index contributed by atoms with van der Waals surface area (Å²) in [5, 5.41) is 34.0. The first-order valence-corrected chi connectivity index (χ1v) is 17.6. The highest BCUT2D eigenvalue weighted by Gasteiger charge is 2.32. The Bertz CT molecular complexity index is 1650. The number of nitrogens with one attached hydrogen (secondary N) is 2. The lowest BCUT2D eigenvalue weighted by Crippen LogP contribution is -2.32. The molecule has 5 rings (SSSR count). The van der Waals surface area contributed by atoms with Crippen LogP contribution in [0.15, 0.2) is 102 Å². The first kappa shape index (κ1) is 36.0. The van der Waals surface area contributed by atoms with E-state index in [-0.39, 0.29) is 37.0 Å². The van der Waals surface area contributed by atoms with Crippen molar-refractivity contribution < 1.29 is 34.1 Å². The maximum atomic E-state index is 12.5. The number of hydrogen-bond donors (Lipinski definition) is 4. The van der Waals surface area contributed by atoms with E-state index >= 15 is 0 Å². The Labute approximate surface area is 291 Å². The topological polar surface area (TPSA) is 144 Å². The molecule has 0 spiro atoms. The van der Waals surface area contributed by atoms with E-state index in [1.807, 2.05) is 78.9 Å². The fourth-order valence-electron chi connectivity index (χ4n) is 5.76. The number of aromatic nitrogens is 1. The molecule has 2 amide bonds. The number of aliphatic hydroxyl groups excluding tert-OH is 1. The van der Waals surface area contributed by atoms with Crippen LogP contribution in [0, 0.1) is 5.21 Å². The molecule has 0 bridgehead atoms. The normalized spacial score (nSPS) is 17.4. The molecule has 11 heteroatoms. The van der Waals surface area contributed by atoms with E-state index in [2.05, 4.69) is 5.32 Å². The third-order valence-corrected chi connectivity index (χ3v) is 9.64. The summed E-state index contributed by atoms with van der Waals surface area (Å²) in [6.45, 7) is 0.380. The van der Waals surface area contributed by atoms with Crippen molar-refractivity contribution in [1.29, 1.82) is 0 Å². The van der Waals surface area contributed by atoms with Crippen molar-refractivity contribution in [3.8, 4) is 11.1 Å². The average Bonchev–Trinajstić information content (AvgIpc) is 3.15. The maximum Gasteiger partial charge on any atom is 0.251 e. The van der Waals surface area contributed by atoms with E-state index in [4.69, 9.17) is 14.7 Å². The number of rotatable bonds is 16. The van der Waals surface area contributed by atoms with Gasteiger partial charge in [-0.05, 0) is 46.7 Å². The van der Waals surface area contributed by atoms with Crippen LogP contribution in [-0.2, 0) is 32.2 Å². The van der Waals surface area contributed by atoms with E-state index in [1.165, 1.54) is 18.0 Å². The molecule has 1 saturated heterocycles. The van der Waals surface area contributed by atoms with Crippen molar-refractivity contribution in [1.82, 2.24) is 10.8 Å². The van der Waals surface area contributed by atoms with Gasteiger partial charge in [0.15, 0.2) is 12.5 Å². The quantitative estimate of drug-likeness (QED) is 0.0270. The number of carbonyl (C=O) groups is 2. The van der Waals surface area contributed by atoms with Crippen LogP contribution in [0.1, 0.15) is 79.6 Å². The second-order valence-electron chi connectivity index (χ2n) is 12.0. The van der Waals surface area contributed by atoms with Gasteiger partial charge < -0.3 is 25.1 Å². The van der Waals surface area contributed by atoms with Gasteiger partial charge in [0.05, 0.1) is 18.8 Å². The van der Waals surface area contributed by atoms with Crippen molar-refractivity contribution >= 4 is 23.6 Å². The van der Waals surface area contributed by atoms with E-state index < -0.39 is 6.29 Å². The van der Waals surface area contributed by atoms with Gasteiger partial charge in [0.25, 0.3) is 5.03 Å². The molecule has 1 fully saturated rings. The molecule has 0 aliphatic carbocycles. The summed E-state index contributed by atoms with van der Waals surface area (Å²) in [6, 6.07) is 29.2. The Balaban J connectivity index is 1.22. The summed E-state index contributed by atoms with van der Waals surface area (Å²) >= 11 is 1.46. The summed E-state index contributed by atoms with van der Waals surface area (Å²) in [6.07, 6.45) is 4.85. The summed E-state index contributed by atoms with van der Waals surface area (Å²) in [4.78, 5) is 23.6. The zero-order chi connectivity index (χ0) is 34.4. The molecular weight excluding hydrogens is 642 g/mol. The molecule has 258 valence electrons. The molecule has 0 saturated carbocycles. The van der Waals surface area contributed by atoms with E-state index in [1.54, 1.807) is 17.6 Å². The number of pyridine rings is 1. The number of carbonyl (C=O) groups excluding carboxylic acids is 2. The third-order valence-electron chi connectivity index (χ3n) is 8.49. The Morgan fingerprint density at radius 1 is 0.837 bits per heavy atom. The zero-order valence-corrected chi connectivity index (χ0v) is 28.1. The van der Waals surface area contributed by atoms with Gasteiger partial charge in [-0.15, -0.1) is 0 Å². The van der Waals surface area contributed by atoms with Gasteiger partial charge in [0.2, 0.25) is 11.8 Å². The minimum Gasteiger partial charge on any atom is -0.618 e. The summed E-state index contributed by atoms with van der Waals surface area (Å²) in [7, 11) is 0. The Morgan fingerprint density at radius 3 is 2.24 bits per heavy atom. The standard InChI is InChI=1S/C38H43N3O7S/c42-25-27-14-16-29(17-15-27)34-23-32(26-49-37-13-7-8-22-41(37)46)47-38(48-34)30-20-18-28(19-21-30)33-10-6-5-9-31(33)24-39-35(43)11-3-1-2-4-12-36(44)40-45/h5-10,13-22,32,34,38,42,45H,1-4,11-12,23-26H2,(H,39,43)(H,40,44)/t32-,34+,38+/m1/s1. The lowest BCUT2D eigenvalue weighted by Gasteiger charge is -2.36. The van der Waals surface area contributed by atoms with Crippen LogP contribution in [0.4, 0.5) is 0 Å². The fourth-order valence-corrected chi connectivity index (χ4v) is 6.70. The summed E-state index contributed by atoms with van der Waals surface area (Å²) in [5.41, 5.74) is 7.36. The van der Waals surface area contributed by atoms with E-state index in [0.29, 0.717) is 36.6 Å². The van der Waals surface area contributed by atoms with Crippen LogP contribution in [0.25, 0.3) is 11.1 Å². The van der Waals surface area contributed by atoms with Crippen molar-refractivity contribution in [2.75, 3.05) is 5.75 Å². The molecule has 1 aliphatic heterocycles. The maximum absolute atomic E-state index is 12.5. The number of benzene rings is 3. The summed E-state index contributed by atoms with van der Waals surface area (Å²) < 4.78 is 13.8. The molecule has 0 radical (unpaired) electrons. The van der Waals surface area contributed by atoms with Crippen molar-refractivity contribution in [2.45, 2.75) is 81.6 Å². The van der Waals surface area contributed by atoms with Crippen LogP contribution in [0.2, 0.25) is 0 Å². The van der Waals surface area contributed by atoms with Gasteiger partial charge in [-0.3, -0.25) is 14.8 Å². The van der Waals surface area contributed by atoms with Gasteiger partial charge in [-0.1, -0.05) is 97.4 Å². The SMILES string of the molecule is O=C(CCCCCCC(=O)NCc1ccccc1-c1ccc([C@H]2O[C@@H](CSc3cccc[n+]3[O-])C[C@@H](c3ccc(CO)cc3)O2)cc1)NO. The number of nitrogens with zero attached hydrogens (tertiary/aromatic N) is 1. The third kappa shape index (κ3) is 10.6. The number of amides is 2. The molecule has 3 aromatic carbocycles. The number of ether oxygens (including phenoxy) is 2. The monoisotopic (exact) mass is 685 g/mol. The molecule has 0 unspecified atom stereocenters. The van der Waals surface area contributed by atoms with Gasteiger partial charge >= 0.3 is 0 Å². The van der Waals surface area contributed by atoms with Crippen molar-refractivity contribution in [3.05, 3.63) is 125 Å². The van der Waals surface area contributed by atoms with Crippen LogP contribution in [0.3, 0.4) is 0 Å². The van der Waals surface area contributed by atoms with Gasteiger partial charge in [0.1, 0.15) is 0 Å². The minimum atomic E-state index is -0.618. The Kier molecular flexibility index (Phi) is 13.6. The highest BCUT2D eigenvalue weighted by Crippen LogP contribution is 2.40. The zero-order valence-electron chi connectivity index (χ0n) is 27.3. The highest BCUT2D eigenvalue weighted by molar-refractivity contribution is 7.99. The smallest absolute Gasteiger partial charge is 0.251 e. The van der Waals surface area contributed by atoms with Crippen molar-refractivity contribution in [3.63, 3.8) is 0 Å². The Morgan fingerprint density at radius 2 is 1.53 bits per heavy atom. The van der Waals surface area contributed by atoms with Crippen LogP contribution in [0.5, 0.6) is 0 Å². The average molecular weight is 686 g/mol. The molecule has 1 aromatic heterocycles. The number of thioether (sulfide) groups is 1. The number of aliphatic hydroxyl groups is 1. The molecule has 4 N–H and O–H groups in total. The second-order valence-corrected chi connectivity index (χ2v) is 13.1. The van der Waals surface area contributed by atoms with Gasteiger partial charge in [0, 0.05) is 49.3 Å². The first-order valence-electron chi connectivity index (χ1n) is 16.6. The predicted molar refractivity (Wildman–Crippen MR) is 186 cm³/mol. The lowest BCUT2D eigenvalue weighted by molar-refractivity contribution is -0.645. The first-order chi connectivity index (χ1) is 23.9. The van der Waals surface area contributed by atoms with Crippen LogP contribution < -0.4 is 15.5 Å². The molecule has 2 heterocycles. The largest absolute Gasteiger partial charge is 0.618 e. The molecule has 1 aliphatic rings. The fraction of sp³-hybridized carbons (Fsp3) is 0.342. The van der Waals surface area contributed by atoms with E-state index in [0.717, 1.165) is 57.4 Å². The molecule has 10 nitrogen and oxygen atoms in total. The predicted octanol–water partition coefficient (Wildman–Crippen LogP) is 6.28. The number of unbranched alkanes of at least 4 members (excludes halogenated alkanes) is 3. The lowest BCUT2D eigenvalue weighted by atomic mass is 9.97. The van der Waals surface area contributed by atoms with Crippen LogP contribution in [-0.4, -0.2) is 34.0 Å². The highest BCUT2D eigenvalue weighted by atomic mass is 32.2.